The van der Waals surface area contributed by atoms with Crippen LogP contribution in [0.1, 0.15) is 56.2 Å². The van der Waals surface area contributed by atoms with Gasteiger partial charge in [-0.05, 0) is 44.7 Å². The Morgan fingerprint density at radius 3 is 2.75 bits per heavy atom. The average molecular weight is 392 g/mol. The predicted octanol–water partition coefficient (Wildman–Crippen LogP) is 4.34. The van der Waals surface area contributed by atoms with Crippen LogP contribution in [-0.4, -0.2) is 35.1 Å². The van der Waals surface area contributed by atoms with Gasteiger partial charge in [-0.25, -0.2) is 4.98 Å². The van der Waals surface area contributed by atoms with Crippen molar-refractivity contribution >= 4 is 28.4 Å². The number of aromatic nitrogens is 5. The maximum absolute atomic E-state index is 10.8. The van der Waals surface area contributed by atoms with E-state index in [4.69, 9.17) is 0 Å². The van der Waals surface area contributed by atoms with Crippen LogP contribution in [0.4, 0.5) is 0 Å². The summed E-state index contributed by atoms with van der Waals surface area (Å²) in [5.74, 6) is 2.01. The summed E-state index contributed by atoms with van der Waals surface area (Å²) in [4.78, 5) is 7.57. The number of fused-ring (bicyclic) bond motifs is 1. The van der Waals surface area contributed by atoms with Crippen LogP contribution in [0.5, 0.6) is 0 Å². The second kappa shape index (κ2) is 6.67. The molecule has 1 aromatic carbocycles. The minimum absolute atomic E-state index is 0.00451. The van der Waals surface area contributed by atoms with Gasteiger partial charge in [0.2, 0.25) is 0 Å². The van der Waals surface area contributed by atoms with Crippen LogP contribution in [0.15, 0.2) is 35.2 Å². The second-order valence-electron chi connectivity index (χ2n) is 7.45. The van der Waals surface area contributed by atoms with Crippen LogP contribution >= 0.6 is 11.8 Å². The summed E-state index contributed by atoms with van der Waals surface area (Å²) >= 11 is 1.45. The Balaban J connectivity index is 1.45. The van der Waals surface area contributed by atoms with Gasteiger partial charge in [0.15, 0.2) is 11.0 Å². The molecule has 0 radical (unpaired) electrons. The van der Waals surface area contributed by atoms with Crippen molar-refractivity contribution in [1.29, 1.82) is 5.26 Å². The number of hydrogen-bond acceptors (Lipinski definition) is 6. The molecule has 1 atom stereocenters. The molecule has 2 aromatic heterocycles. The number of nitrogens with one attached hydrogen (secondary N) is 1. The van der Waals surface area contributed by atoms with Crippen molar-refractivity contribution in [2.45, 2.75) is 55.0 Å². The van der Waals surface area contributed by atoms with E-state index in [1.54, 1.807) is 0 Å². The number of aliphatic hydroxyl groups excluding tert-OH is 1. The van der Waals surface area contributed by atoms with Crippen LogP contribution in [0.25, 0.3) is 16.6 Å². The molecule has 5 rings (SSSR count). The third kappa shape index (κ3) is 3.06. The fourth-order valence-electron chi connectivity index (χ4n) is 3.38. The predicted molar refractivity (Wildman–Crippen MR) is 107 cm³/mol. The molecule has 2 N–H and O–H groups in total. The van der Waals surface area contributed by atoms with E-state index in [2.05, 4.69) is 30.8 Å². The van der Waals surface area contributed by atoms with Gasteiger partial charge in [-0.3, -0.25) is 0 Å². The normalized spacial score (nSPS) is 18.7. The van der Waals surface area contributed by atoms with E-state index < -0.39 is 0 Å². The molecule has 3 aromatic rings. The van der Waals surface area contributed by atoms with Crippen molar-refractivity contribution in [3.8, 4) is 6.07 Å². The van der Waals surface area contributed by atoms with Gasteiger partial charge in [0.25, 0.3) is 0 Å². The van der Waals surface area contributed by atoms with Gasteiger partial charge in [0, 0.05) is 12.0 Å². The van der Waals surface area contributed by atoms with E-state index in [1.165, 1.54) is 24.6 Å². The summed E-state index contributed by atoms with van der Waals surface area (Å²) in [7, 11) is 0. The van der Waals surface area contributed by atoms with Crippen LogP contribution in [-0.2, 0) is 0 Å². The molecular weight excluding hydrogens is 372 g/mol. The summed E-state index contributed by atoms with van der Waals surface area (Å²) in [5.41, 5.74) is 1.76. The number of H-pyrrole nitrogens is 1. The van der Waals surface area contributed by atoms with Crippen molar-refractivity contribution in [2.75, 3.05) is 0 Å². The Kier molecular flexibility index (Phi) is 4.13. The topological polar surface area (TPSA) is 103 Å². The van der Waals surface area contributed by atoms with E-state index in [9.17, 15) is 10.4 Å². The Hall–Kier alpha value is -2.79. The highest BCUT2D eigenvalue weighted by Gasteiger charge is 2.37. The number of para-hydroxylation sites is 2. The van der Waals surface area contributed by atoms with Crippen molar-refractivity contribution in [1.82, 2.24) is 24.7 Å². The summed E-state index contributed by atoms with van der Waals surface area (Å²) in [6, 6.07) is 10.2. The lowest BCUT2D eigenvalue weighted by Crippen LogP contribution is -2.08. The molecule has 2 heterocycles. The first-order chi connectivity index (χ1) is 13.7. The second-order valence-corrected chi connectivity index (χ2v) is 8.76. The number of allylic oxidation sites excluding steroid dienone is 1. The third-order valence-electron chi connectivity index (χ3n) is 5.21. The monoisotopic (exact) mass is 392 g/mol. The summed E-state index contributed by atoms with van der Waals surface area (Å²) in [6.45, 7) is 1.88. The third-order valence-corrected chi connectivity index (χ3v) is 6.27. The van der Waals surface area contributed by atoms with Crippen LogP contribution < -0.4 is 0 Å². The number of nitrogens with zero attached hydrogens (tertiary/aromatic N) is 5. The zero-order chi connectivity index (χ0) is 19.3. The highest BCUT2D eigenvalue weighted by Crippen LogP contribution is 2.46. The Morgan fingerprint density at radius 1 is 1.29 bits per heavy atom. The first kappa shape index (κ1) is 17.3. The zero-order valence-electron chi connectivity index (χ0n) is 15.5. The maximum atomic E-state index is 10.8. The number of benzene rings is 1. The van der Waals surface area contributed by atoms with Gasteiger partial charge in [-0.15, -0.1) is 10.2 Å². The summed E-state index contributed by atoms with van der Waals surface area (Å²) in [5, 5.41) is 29.8. The minimum Gasteiger partial charge on any atom is -0.510 e. The number of aromatic amines is 1. The molecule has 0 saturated heterocycles. The molecule has 0 bridgehead atoms. The molecule has 8 heteroatoms. The molecule has 0 aliphatic heterocycles. The molecule has 2 saturated carbocycles. The smallest absolute Gasteiger partial charge is 0.192 e. The number of rotatable bonds is 6. The van der Waals surface area contributed by atoms with Crippen LogP contribution in [0.3, 0.4) is 0 Å². The van der Waals surface area contributed by atoms with Crippen molar-refractivity contribution < 1.29 is 5.11 Å². The molecule has 2 aliphatic rings. The van der Waals surface area contributed by atoms with E-state index in [1.807, 2.05) is 31.2 Å². The highest BCUT2D eigenvalue weighted by molar-refractivity contribution is 7.99. The summed E-state index contributed by atoms with van der Waals surface area (Å²) < 4.78 is 2.25. The number of thioether (sulfide) groups is 1. The van der Waals surface area contributed by atoms with Crippen molar-refractivity contribution in [3.63, 3.8) is 0 Å². The van der Waals surface area contributed by atoms with E-state index >= 15 is 0 Å². The molecule has 2 fully saturated rings. The lowest BCUT2D eigenvalue weighted by molar-refractivity contribution is 0.401. The van der Waals surface area contributed by atoms with E-state index in [-0.39, 0.29) is 16.6 Å². The SMILES string of the molecule is CC(Sc1nnc(C2CC2)n1C1CC1)/C(O)=C(/C#N)c1nc2ccccc2[nH]1. The zero-order valence-corrected chi connectivity index (χ0v) is 16.3. The molecule has 2 aliphatic carbocycles. The maximum Gasteiger partial charge on any atom is 0.192 e. The Bertz CT molecular complexity index is 1080. The lowest BCUT2D eigenvalue weighted by atomic mass is 10.2. The Labute approximate surface area is 166 Å². The van der Waals surface area contributed by atoms with Crippen LogP contribution in [0, 0.1) is 11.3 Å². The highest BCUT2D eigenvalue weighted by atomic mass is 32.2. The molecular formula is C20H20N6OS. The van der Waals surface area contributed by atoms with Gasteiger partial charge in [0.05, 0.1) is 16.3 Å². The number of nitriles is 1. The number of hydrogen-bond donors (Lipinski definition) is 2. The van der Waals surface area contributed by atoms with Crippen molar-refractivity contribution in [3.05, 3.63) is 41.7 Å². The van der Waals surface area contributed by atoms with Gasteiger partial charge in [0.1, 0.15) is 23.2 Å². The molecule has 7 nitrogen and oxygen atoms in total. The lowest BCUT2D eigenvalue weighted by Gasteiger charge is -2.13. The van der Waals surface area contributed by atoms with Crippen LogP contribution in [0.2, 0.25) is 0 Å². The molecule has 0 spiro atoms. The standard InChI is InChI=1S/C20H20N6OS/c1-11(28-20-25-24-19(12-6-7-12)26(20)13-8-9-13)17(27)14(10-21)18-22-15-4-2-3-5-16(15)23-18/h2-5,11-13,27H,6-9H2,1H3,(H,22,23)/b17-14+. The van der Waals surface area contributed by atoms with Gasteiger partial charge in [-0.2, -0.15) is 5.26 Å². The van der Waals surface area contributed by atoms with Gasteiger partial charge in [-0.1, -0.05) is 23.9 Å². The van der Waals surface area contributed by atoms with E-state index in [0.29, 0.717) is 17.8 Å². The van der Waals surface area contributed by atoms with E-state index in [0.717, 1.165) is 34.9 Å². The minimum atomic E-state index is -0.336. The fourth-order valence-corrected chi connectivity index (χ4v) is 4.37. The largest absolute Gasteiger partial charge is 0.510 e. The number of imidazole rings is 1. The molecule has 0 amide bonds. The van der Waals surface area contributed by atoms with Gasteiger partial charge >= 0.3 is 0 Å². The summed E-state index contributed by atoms with van der Waals surface area (Å²) in [6.07, 6.45) is 4.68. The molecule has 28 heavy (non-hydrogen) atoms. The fraction of sp³-hybridized carbons (Fsp3) is 0.400. The quantitative estimate of drug-likeness (QED) is 0.367. The Morgan fingerprint density at radius 2 is 2.07 bits per heavy atom. The van der Waals surface area contributed by atoms with Crippen molar-refractivity contribution in [2.24, 2.45) is 0 Å². The molecule has 142 valence electrons. The first-order valence-corrected chi connectivity index (χ1v) is 10.4. The average Bonchev–Trinajstić information content (AvgIpc) is 3.63. The molecule has 1 unspecified atom stereocenters. The first-order valence-electron chi connectivity index (χ1n) is 9.55. The number of aliphatic hydroxyl groups is 1. The van der Waals surface area contributed by atoms with Gasteiger partial charge < -0.3 is 14.7 Å².